The van der Waals surface area contributed by atoms with Gasteiger partial charge in [-0.3, -0.25) is 4.79 Å². The third-order valence-electron chi connectivity index (χ3n) is 7.22. The van der Waals surface area contributed by atoms with E-state index in [0.29, 0.717) is 42.9 Å². The monoisotopic (exact) mass is 573 g/mol. The van der Waals surface area contributed by atoms with Crippen molar-refractivity contribution >= 4 is 40.5 Å². The van der Waals surface area contributed by atoms with Gasteiger partial charge in [-0.15, -0.1) is 0 Å². The fraction of sp³-hybridized carbons (Fsp3) is 0.300. The average molecular weight is 574 g/mol. The van der Waals surface area contributed by atoms with Crippen molar-refractivity contribution in [1.82, 2.24) is 19.9 Å². The summed E-state index contributed by atoms with van der Waals surface area (Å²) in [5, 5.41) is 12.4. The zero-order valence-electron chi connectivity index (χ0n) is 23.8. The maximum Gasteiger partial charge on any atom is 0.414 e. The lowest BCUT2D eigenvalue weighted by atomic mass is 9.77. The molecule has 0 bridgehead atoms. The third kappa shape index (κ3) is 6.84. The van der Waals surface area contributed by atoms with Gasteiger partial charge in [-0.05, 0) is 49.6 Å². The van der Waals surface area contributed by atoms with Crippen molar-refractivity contribution in [1.29, 1.82) is 0 Å². The number of rotatable bonds is 6. The largest absolute Gasteiger partial charge is 0.478 e. The van der Waals surface area contributed by atoms with Crippen LogP contribution in [-0.2, 0) is 4.79 Å². The topological polar surface area (TPSA) is 167 Å². The van der Waals surface area contributed by atoms with Gasteiger partial charge in [-0.1, -0.05) is 24.3 Å². The fourth-order valence-electron chi connectivity index (χ4n) is 4.68. The number of hydrogen-bond acceptors (Lipinski definition) is 8. The molecule has 1 fully saturated rings. The van der Waals surface area contributed by atoms with E-state index < -0.39 is 17.5 Å². The molecule has 0 radical (unpaired) electrons. The first kappa shape index (κ1) is 30.0. The number of carboxylic acid groups (broad SMARTS) is 1. The van der Waals surface area contributed by atoms with Crippen molar-refractivity contribution < 1.29 is 24.2 Å². The number of hydrogen-bond donors (Lipinski definition) is 4. The van der Waals surface area contributed by atoms with Crippen LogP contribution in [0.1, 0.15) is 28.8 Å². The standard InChI is InChI=1S/C23H29N7O3.C7H6O2/c1-15-12-25-19-18(15)20(27-14-26-19)30-9-7-23(13-24,8-10-30)21(31)28-16-5-4-6-17(11-16)33-22(32)29(2)3;8-7(9)6-4-2-1-3-5-6/h4-6,11-12,14H,7-10,13,24H2,1-3H3,(H,28,31)(H,25,26,27);1-5H,(H,8,9). The van der Waals surface area contributed by atoms with E-state index >= 15 is 0 Å². The molecule has 2 aromatic heterocycles. The van der Waals surface area contributed by atoms with Crippen LogP contribution in [0.3, 0.4) is 0 Å². The second kappa shape index (κ2) is 13.1. The molecule has 0 spiro atoms. The molecule has 0 aliphatic carbocycles. The Kier molecular flexibility index (Phi) is 9.38. The van der Waals surface area contributed by atoms with Gasteiger partial charge >= 0.3 is 12.1 Å². The molecule has 1 aliphatic rings. The molecule has 5 rings (SSSR count). The first-order valence-electron chi connectivity index (χ1n) is 13.5. The molecule has 0 atom stereocenters. The zero-order valence-corrected chi connectivity index (χ0v) is 23.8. The van der Waals surface area contributed by atoms with Crippen molar-refractivity contribution in [2.75, 3.05) is 43.9 Å². The van der Waals surface area contributed by atoms with Crippen molar-refractivity contribution in [3.63, 3.8) is 0 Å². The van der Waals surface area contributed by atoms with Gasteiger partial charge in [-0.25, -0.2) is 19.6 Å². The minimum absolute atomic E-state index is 0.133. The number of amides is 2. The molecule has 1 aliphatic heterocycles. The summed E-state index contributed by atoms with van der Waals surface area (Å²) in [6.07, 6.45) is 4.19. The molecular weight excluding hydrogens is 538 g/mol. The summed E-state index contributed by atoms with van der Waals surface area (Å²) >= 11 is 0. The first-order chi connectivity index (χ1) is 20.1. The summed E-state index contributed by atoms with van der Waals surface area (Å²) < 4.78 is 5.29. The maximum atomic E-state index is 13.3. The van der Waals surface area contributed by atoms with Crippen LogP contribution in [0.4, 0.5) is 16.3 Å². The molecule has 2 amide bonds. The molecule has 12 heteroatoms. The number of carbonyl (C=O) groups excluding carboxylic acids is 2. The van der Waals surface area contributed by atoms with Gasteiger partial charge in [0.05, 0.1) is 16.4 Å². The van der Waals surface area contributed by atoms with Crippen LogP contribution >= 0.6 is 0 Å². The Hall–Kier alpha value is -4.97. The van der Waals surface area contributed by atoms with Crippen LogP contribution in [0.25, 0.3) is 11.0 Å². The van der Waals surface area contributed by atoms with E-state index in [1.807, 2.05) is 13.1 Å². The summed E-state index contributed by atoms with van der Waals surface area (Å²) in [6.45, 7) is 3.57. The molecule has 42 heavy (non-hydrogen) atoms. The number of carbonyl (C=O) groups is 3. The van der Waals surface area contributed by atoms with Gasteiger partial charge < -0.3 is 35.7 Å². The van der Waals surface area contributed by atoms with E-state index in [-0.39, 0.29) is 12.5 Å². The Bertz CT molecular complexity index is 1550. The van der Waals surface area contributed by atoms with Crippen LogP contribution < -0.4 is 20.7 Å². The molecule has 5 N–H and O–H groups in total. The molecule has 220 valence electrons. The number of nitrogens with zero attached hydrogens (tertiary/aromatic N) is 4. The second-order valence-corrected chi connectivity index (χ2v) is 10.3. The Morgan fingerprint density at radius 2 is 1.81 bits per heavy atom. The van der Waals surface area contributed by atoms with E-state index in [9.17, 15) is 14.4 Å². The second-order valence-electron chi connectivity index (χ2n) is 10.3. The highest BCUT2D eigenvalue weighted by molar-refractivity contribution is 5.96. The Balaban J connectivity index is 0.000000385. The number of carboxylic acids is 1. The molecule has 3 heterocycles. The quantitative estimate of drug-likeness (QED) is 0.267. The molecule has 0 saturated carbocycles. The smallest absolute Gasteiger partial charge is 0.414 e. The number of nitrogens with two attached hydrogens (primary N) is 1. The first-order valence-corrected chi connectivity index (χ1v) is 13.5. The minimum Gasteiger partial charge on any atom is -0.478 e. The number of ether oxygens (including phenoxy) is 1. The summed E-state index contributed by atoms with van der Waals surface area (Å²) in [6, 6.07) is 15.1. The lowest BCUT2D eigenvalue weighted by molar-refractivity contribution is -0.126. The Morgan fingerprint density at radius 1 is 1.10 bits per heavy atom. The highest BCUT2D eigenvalue weighted by atomic mass is 16.6. The maximum absolute atomic E-state index is 13.3. The van der Waals surface area contributed by atoms with E-state index in [1.165, 1.54) is 4.90 Å². The van der Waals surface area contributed by atoms with Crippen molar-refractivity contribution in [3.8, 4) is 5.75 Å². The molecule has 12 nitrogen and oxygen atoms in total. The third-order valence-corrected chi connectivity index (χ3v) is 7.22. The predicted molar refractivity (Wildman–Crippen MR) is 160 cm³/mol. The normalized spacial score (nSPS) is 14.0. The van der Waals surface area contributed by atoms with Gasteiger partial charge in [0.2, 0.25) is 5.91 Å². The van der Waals surface area contributed by atoms with Gasteiger partial charge in [0.25, 0.3) is 0 Å². The molecular formula is C30H35N7O5. The van der Waals surface area contributed by atoms with E-state index in [2.05, 4.69) is 25.2 Å². The van der Waals surface area contributed by atoms with Gasteiger partial charge in [0.15, 0.2) is 0 Å². The number of anilines is 2. The number of H-pyrrole nitrogens is 1. The van der Waals surface area contributed by atoms with Crippen LogP contribution in [-0.4, -0.2) is 76.7 Å². The summed E-state index contributed by atoms with van der Waals surface area (Å²) in [4.78, 5) is 50.8. The van der Waals surface area contributed by atoms with Crippen LogP contribution in [0.15, 0.2) is 67.1 Å². The van der Waals surface area contributed by atoms with Crippen LogP contribution in [0.2, 0.25) is 0 Å². The number of aryl methyl sites for hydroxylation is 1. The Labute approximate surface area is 243 Å². The SMILES string of the molecule is Cc1c[nH]c2ncnc(N3CCC(CN)(C(=O)Nc4cccc(OC(=O)N(C)C)c4)CC3)c12.O=C(O)c1ccccc1. The van der Waals surface area contributed by atoms with E-state index in [0.717, 1.165) is 22.4 Å². The summed E-state index contributed by atoms with van der Waals surface area (Å²) in [5.41, 5.74) is 8.21. The molecule has 1 saturated heterocycles. The number of aromatic nitrogens is 3. The minimum atomic E-state index is -0.879. The predicted octanol–water partition coefficient (Wildman–Crippen LogP) is 3.90. The number of benzene rings is 2. The van der Waals surface area contributed by atoms with Crippen molar-refractivity contribution in [3.05, 3.63) is 78.2 Å². The van der Waals surface area contributed by atoms with Crippen molar-refractivity contribution in [2.45, 2.75) is 19.8 Å². The average Bonchev–Trinajstić information content (AvgIpc) is 3.39. The molecule has 2 aromatic carbocycles. The summed E-state index contributed by atoms with van der Waals surface area (Å²) in [7, 11) is 3.21. The van der Waals surface area contributed by atoms with Gasteiger partial charge in [0, 0.05) is 51.7 Å². The molecule has 0 unspecified atom stereocenters. The van der Waals surface area contributed by atoms with E-state index in [1.54, 1.807) is 75.0 Å². The van der Waals surface area contributed by atoms with Crippen LogP contribution in [0, 0.1) is 12.3 Å². The van der Waals surface area contributed by atoms with Crippen molar-refractivity contribution in [2.24, 2.45) is 11.1 Å². The number of piperidine rings is 1. The number of aromatic amines is 1. The number of aromatic carboxylic acids is 1. The lowest BCUT2D eigenvalue weighted by Crippen LogP contribution is -2.50. The Morgan fingerprint density at radius 3 is 2.43 bits per heavy atom. The number of nitrogens with one attached hydrogen (secondary N) is 2. The number of fused-ring (bicyclic) bond motifs is 1. The van der Waals surface area contributed by atoms with Gasteiger partial charge in [0.1, 0.15) is 23.5 Å². The highest BCUT2D eigenvalue weighted by Crippen LogP contribution is 2.36. The summed E-state index contributed by atoms with van der Waals surface area (Å²) in [5.74, 6) is 0.222. The lowest BCUT2D eigenvalue weighted by Gasteiger charge is -2.40. The molecule has 4 aromatic rings. The van der Waals surface area contributed by atoms with Crippen LogP contribution in [0.5, 0.6) is 5.75 Å². The zero-order chi connectivity index (χ0) is 30.3. The van der Waals surface area contributed by atoms with E-state index in [4.69, 9.17) is 15.6 Å². The van der Waals surface area contributed by atoms with Gasteiger partial charge in [-0.2, -0.15) is 0 Å². The fourth-order valence-corrected chi connectivity index (χ4v) is 4.68. The highest BCUT2D eigenvalue weighted by Gasteiger charge is 2.41.